The van der Waals surface area contributed by atoms with E-state index in [1.165, 1.54) is 47.2 Å². The molecule has 1 aromatic rings. The highest BCUT2D eigenvalue weighted by atomic mass is 32.2. The smallest absolute Gasteiger partial charge is 0.294 e. The van der Waals surface area contributed by atoms with Crippen LogP contribution in [-0.4, -0.2) is 40.9 Å². The van der Waals surface area contributed by atoms with Crippen LogP contribution >= 0.6 is 24.0 Å². The molecule has 2 aliphatic heterocycles. The summed E-state index contributed by atoms with van der Waals surface area (Å²) in [7, 11) is 0. The molecule has 0 spiro atoms. The van der Waals surface area contributed by atoms with Gasteiger partial charge in [0.15, 0.2) is 11.1 Å². The summed E-state index contributed by atoms with van der Waals surface area (Å²) in [5.41, 5.74) is 3.76. The van der Waals surface area contributed by atoms with Crippen LogP contribution in [0.25, 0.3) is 6.08 Å². The van der Waals surface area contributed by atoms with Gasteiger partial charge in [-0.05, 0) is 49.1 Å². The Morgan fingerprint density at radius 1 is 1.38 bits per heavy atom. The normalized spacial score (nSPS) is 25.8. The van der Waals surface area contributed by atoms with Gasteiger partial charge in [-0.1, -0.05) is 36.5 Å². The van der Waals surface area contributed by atoms with Gasteiger partial charge in [0.1, 0.15) is 0 Å². The number of thioether (sulfide) groups is 1. The van der Waals surface area contributed by atoms with Gasteiger partial charge in [-0.2, -0.15) is 0 Å². The molecule has 1 amide bonds. The molecular formula is C19H20N2O3S2. The predicted molar refractivity (Wildman–Crippen MR) is 107 cm³/mol. The molecule has 0 bridgehead atoms. The SMILES string of the molecule is CCN1c2ccc(/C=C3/SC(=S)N(COC=O)C3=O)cc2C2CCCC21. The lowest BCUT2D eigenvalue weighted by atomic mass is 9.96. The van der Waals surface area contributed by atoms with E-state index in [4.69, 9.17) is 12.2 Å². The van der Waals surface area contributed by atoms with Gasteiger partial charge in [0, 0.05) is 24.2 Å². The molecule has 0 radical (unpaired) electrons. The summed E-state index contributed by atoms with van der Waals surface area (Å²) in [5.74, 6) is 0.394. The van der Waals surface area contributed by atoms with Crippen LogP contribution in [0, 0.1) is 0 Å². The van der Waals surface area contributed by atoms with Crippen molar-refractivity contribution in [1.29, 1.82) is 0 Å². The number of carbonyl (C=O) groups is 2. The van der Waals surface area contributed by atoms with Gasteiger partial charge < -0.3 is 9.64 Å². The third-order valence-electron chi connectivity index (χ3n) is 5.42. The molecular weight excluding hydrogens is 368 g/mol. The number of ether oxygens (including phenoxy) is 1. The summed E-state index contributed by atoms with van der Waals surface area (Å²) in [6, 6.07) is 7.10. The zero-order chi connectivity index (χ0) is 18.3. The number of thiocarbonyl (C=S) groups is 1. The van der Waals surface area contributed by atoms with Crippen LogP contribution in [0.2, 0.25) is 0 Å². The van der Waals surface area contributed by atoms with Crippen LogP contribution in [0.5, 0.6) is 0 Å². The van der Waals surface area contributed by atoms with Crippen LogP contribution in [0.1, 0.15) is 43.2 Å². The molecule has 0 aromatic heterocycles. The Labute approximate surface area is 162 Å². The number of anilines is 1. The van der Waals surface area contributed by atoms with Crippen molar-refractivity contribution in [1.82, 2.24) is 4.90 Å². The van der Waals surface area contributed by atoms with E-state index >= 15 is 0 Å². The van der Waals surface area contributed by atoms with Crippen molar-refractivity contribution in [2.75, 3.05) is 18.2 Å². The Balaban J connectivity index is 1.61. The molecule has 1 aromatic carbocycles. The molecule has 3 aliphatic rings. The van der Waals surface area contributed by atoms with Crippen LogP contribution in [0.4, 0.5) is 5.69 Å². The predicted octanol–water partition coefficient (Wildman–Crippen LogP) is 3.49. The maximum absolute atomic E-state index is 12.5. The van der Waals surface area contributed by atoms with Gasteiger partial charge in [-0.25, -0.2) is 0 Å². The summed E-state index contributed by atoms with van der Waals surface area (Å²) in [4.78, 5) is 27.2. The molecule has 26 heavy (non-hydrogen) atoms. The van der Waals surface area contributed by atoms with Gasteiger partial charge in [0.05, 0.1) is 4.91 Å². The summed E-state index contributed by atoms with van der Waals surface area (Å²) in [6.07, 6.45) is 5.67. The Hall–Kier alpha value is -1.86. The highest BCUT2D eigenvalue weighted by molar-refractivity contribution is 8.26. The van der Waals surface area contributed by atoms with E-state index in [0.29, 0.717) is 27.7 Å². The van der Waals surface area contributed by atoms with E-state index in [1.807, 2.05) is 6.08 Å². The second kappa shape index (κ2) is 7.04. The van der Waals surface area contributed by atoms with E-state index in [1.54, 1.807) is 0 Å². The first kappa shape index (κ1) is 17.5. The maximum atomic E-state index is 12.5. The second-order valence-corrected chi connectivity index (χ2v) is 8.39. The lowest BCUT2D eigenvalue weighted by Gasteiger charge is -2.25. The molecule has 1 aliphatic carbocycles. The fraction of sp³-hybridized carbons (Fsp3) is 0.421. The van der Waals surface area contributed by atoms with Crippen LogP contribution in [0.15, 0.2) is 23.1 Å². The lowest BCUT2D eigenvalue weighted by Crippen LogP contribution is -2.30. The van der Waals surface area contributed by atoms with Crippen molar-refractivity contribution in [3.8, 4) is 0 Å². The van der Waals surface area contributed by atoms with E-state index in [0.717, 1.165) is 12.1 Å². The number of likely N-dealkylation sites (N-methyl/N-ethyl adjacent to an activating group) is 1. The fourth-order valence-electron chi connectivity index (χ4n) is 4.35. The minimum atomic E-state index is -0.212. The Morgan fingerprint density at radius 2 is 2.23 bits per heavy atom. The number of hydrogen-bond acceptors (Lipinski definition) is 6. The monoisotopic (exact) mass is 388 g/mol. The summed E-state index contributed by atoms with van der Waals surface area (Å²) < 4.78 is 5.09. The van der Waals surface area contributed by atoms with Crippen molar-refractivity contribution in [3.05, 3.63) is 34.2 Å². The largest absolute Gasteiger partial charge is 0.446 e. The molecule has 7 heteroatoms. The number of fused-ring (bicyclic) bond motifs is 3. The molecule has 2 heterocycles. The average molecular weight is 389 g/mol. The average Bonchev–Trinajstić information content (AvgIpc) is 3.28. The molecule has 4 rings (SSSR count). The molecule has 5 nitrogen and oxygen atoms in total. The fourth-order valence-corrected chi connectivity index (χ4v) is 5.58. The molecule has 2 fully saturated rings. The first-order valence-electron chi connectivity index (χ1n) is 8.85. The number of benzene rings is 1. The summed E-state index contributed by atoms with van der Waals surface area (Å²) in [6.45, 7) is 3.43. The van der Waals surface area contributed by atoms with E-state index in [-0.39, 0.29) is 12.6 Å². The Kier molecular flexibility index (Phi) is 4.75. The van der Waals surface area contributed by atoms with Gasteiger partial charge in [-0.3, -0.25) is 14.5 Å². The number of nitrogens with zero attached hydrogens (tertiary/aromatic N) is 2. The van der Waals surface area contributed by atoms with Crippen molar-refractivity contribution < 1.29 is 14.3 Å². The van der Waals surface area contributed by atoms with E-state index in [2.05, 4.69) is 34.8 Å². The Morgan fingerprint density at radius 3 is 3.00 bits per heavy atom. The van der Waals surface area contributed by atoms with Crippen LogP contribution < -0.4 is 4.90 Å². The maximum Gasteiger partial charge on any atom is 0.294 e. The number of rotatable bonds is 5. The molecule has 2 unspecified atom stereocenters. The first-order chi connectivity index (χ1) is 12.6. The van der Waals surface area contributed by atoms with Crippen LogP contribution in [0.3, 0.4) is 0 Å². The third kappa shape index (κ3) is 2.83. The Bertz CT molecular complexity index is 808. The number of amides is 1. The summed E-state index contributed by atoms with van der Waals surface area (Å²) >= 11 is 6.47. The van der Waals surface area contributed by atoms with Crippen molar-refractivity contribution in [3.63, 3.8) is 0 Å². The number of hydrogen-bond donors (Lipinski definition) is 0. The highest BCUT2D eigenvalue weighted by Gasteiger charge is 2.40. The molecule has 2 atom stereocenters. The highest BCUT2D eigenvalue weighted by Crippen LogP contribution is 2.49. The zero-order valence-electron chi connectivity index (χ0n) is 14.5. The summed E-state index contributed by atoms with van der Waals surface area (Å²) in [5, 5.41) is 0. The second-order valence-electron chi connectivity index (χ2n) is 6.71. The van der Waals surface area contributed by atoms with E-state index < -0.39 is 0 Å². The number of carbonyl (C=O) groups excluding carboxylic acids is 2. The molecule has 1 saturated carbocycles. The third-order valence-corrected chi connectivity index (χ3v) is 6.80. The van der Waals surface area contributed by atoms with Crippen molar-refractivity contribution in [2.24, 2.45) is 0 Å². The minimum Gasteiger partial charge on any atom is -0.446 e. The van der Waals surface area contributed by atoms with E-state index in [9.17, 15) is 9.59 Å². The van der Waals surface area contributed by atoms with Gasteiger partial charge in [0.2, 0.25) is 0 Å². The first-order valence-corrected chi connectivity index (χ1v) is 10.1. The van der Waals surface area contributed by atoms with Gasteiger partial charge in [0.25, 0.3) is 12.4 Å². The van der Waals surface area contributed by atoms with Crippen LogP contribution in [-0.2, 0) is 14.3 Å². The standard InChI is InChI=1S/C19H20N2O3S2/c1-2-20-15-5-3-4-13(15)14-8-12(6-7-16(14)20)9-17-18(23)21(10-24-11-22)19(25)26-17/h6-9,11,13,15H,2-5,10H2,1H3/b17-9+. The van der Waals surface area contributed by atoms with Gasteiger partial charge in [-0.15, -0.1) is 0 Å². The quantitative estimate of drug-likeness (QED) is 0.437. The lowest BCUT2D eigenvalue weighted by molar-refractivity contribution is -0.135. The van der Waals surface area contributed by atoms with Gasteiger partial charge >= 0.3 is 0 Å². The molecule has 0 N–H and O–H groups in total. The topological polar surface area (TPSA) is 49.9 Å². The molecule has 1 saturated heterocycles. The molecule has 136 valence electrons. The zero-order valence-corrected chi connectivity index (χ0v) is 16.1. The van der Waals surface area contributed by atoms with Crippen molar-refractivity contribution >= 4 is 52.4 Å². The van der Waals surface area contributed by atoms with Crippen molar-refractivity contribution in [2.45, 2.75) is 38.1 Å². The minimum absolute atomic E-state index is 0.134.